The zero-order valence-corrected chi connectivity index (χ0v) is 11.0. The monoisotopic (exact) mass is 240 g/mol. The molecule has 1 aliphatic rings. The van der Waals surface area contributed by atoms with Crippen LogP contribution in [0, 0.1) is 11.8 Å². The fourth-order valence-electron chi connectivity index (χ4n) is 1.90. The van der Waals surface area contributed by atoms with Gasteiger partial charge in [-0.3, -0.25) is 0 Å². The van der Waals surface area contributed by atoms with E-state index in [4.69, 9.17) is 9.47 Å². The van der Waals surface area contributed by atoms with Gasteiger partial charge in [0.15, 0.2) is 0 Å². The molecular weight excluding hydrogens is 216 g/mol. The molecular formula is C14H24O3. The standard InChI is InChI=1S/C14H24O3/c1-3-4-9-17-14(15)11-16-10-13-8-6-5-7-12(13)2/h5-6,12-13H,3-4,7-11H2,1-2H3. The normalized spacial score (nSPS) is 23.6. The van der Waals surface area contributed by atoms with Gasteiger partial charge in [0.2, 0.25) is 0 Å². The van der Waals surface area contributed by atoms with Crippen LogP contribution < -0.4 is 0 Å². The summed E-state index contributed by atoms with van der Waals surface area (Å²) in [6.07, 6.45) is 8.57. The van der Waals surface area contributed by atoms with Gasteiger partial charge in [-0.25, -0.2) is 4.79 Å². The zero-order valence-electron chi connectivity index (χ0n) is 11.0. The van der Waals surface area contributed by atoms with Crippen molar-refractivity contribution in [3.63, 3.8) is 0 Å². The Morgan fingerprint density at radius 2 is 2.12 bits per heavy atom. The lowest BCUT2D eigenvalue weighted by Crippen LogP contribution is -2.22. The maximum Gasteiger partial charge on any atom is 0.332 e. The second-order valence-corrected chi connectivity index (χ2v) is 4.77. The first-order valence-electron chi connectivity index (χ1n) is 6.62. The molecule has 0 aromatic rings. The average molecular weight is 240 g/mol. The topological polar surface area (TPSA) is 35.5 Å². The molecule has 0 spiro atoms. The van der Waals surface area contributed by atoms with Crippen LogP contribution in [0.1, 0.15) is 39.5 Å². The molecule has 17 heavy (non-hydrogen) atoms. The van der Waals surface area contributed by atoms with E-state index in [1.165, 1.54) is 0 Å². The van der Waals surface area contributed by atoms with Crippen molar-refractivity contribution < 1.29 is 14.3 Å². The number of carbonyl (C=O) groups is 1. The Labute approximate surface area is 104 Å². The van der Waals surface area contributed by atoms with Crippen molar-refractivity contribution in [2.45, 2.75) is 39.5 Å². The third-order valence-corrected chi connectivity index (χ3v) is 3.23. The van der Waals surface area contributed by atoms with E-state index in [1.807, 2.05) is 0 Å². The number of unbranched alkanes of at least 4 members (excludes halogenated alkanes) is 1. The summed E-state index contributed by atoms with van der Waals surface area (Å²) < 4.78 is 10.4. The molecule has 0 fully saturated rings. The van der Waals surface area contributed by atoms with E-state index < -0.39 is 0 Å². The van der Waals surface area contributed by atoms with E-state index in [0.29, 0.717) is 25.0 Å². The lowest BCUT2D eigenvalue weighted by atomic mass is 9.85. The van der Waals surface area contributed by atoms with Crippen LogP contribution in [0.3, 0.4) is 0 Å². The number of carbonyl (C=O) groups excluding carboxylic acids is 1. The van der Waals surface area contributed by atoms with Crippen molar-refractivity contribution in [3.05, 3.63) is 12.2 Å². The fourth-order valence-corrected chi connectivity index (χ4v) is 1.90. The van der Waals surface area contributed by atoms with E-state index in [9.17, 15) is 4.79 Å². The van der Waals surface area contributed by atoms with E-state index >= 15 is 0 Å². The molecule has 3 nitrogen and oxygen atoms in total. The molecule has 0 heterocycles. The van der Waals surface area contributed by atoms with E-state index in [2.05, 4.69) is 26.0 Å². The number of rotatable bonds is 7. The summed E-state index contributed by atoms with van der Waals surface area (Å²) in [5.41, 5.74) is 0. The molecule has 0 amide bonds. The molecule has 3 heteroatoms. The molecule has 0 N–H and O–H groups in total. The summed E-state index contributed by atoms with van der Waals surface area (Å²) in [4.78, 5) is 11.3. The highest BCUT2D eigenvalue weighted by molar-refractivity contribution is 5.70. The van der Waals surface area contributed by atoms with Gasteiger partial charge in [0, 0.05) is 0 Å². The molecule has 2 atom stereocenters. The van der Waals surface area contributed by atoms with Gasteiger partial charge in [-0.15, -0.1) is 0 Å². The van der Waals surface area contributed by atoms with E-state index in [0.717, 1.165) is 25.7 Å². The second kappa shape index (κ2) is 8.29. The van der Waals surface area contributed by atoms with Crippen LogP contribution >= 0.6 is 0 Å². The Morgan fingerprint density at radius 3 is 2.82 bits per heavy atom. The van der Waals surface area contributed by atoms with Gasteiger partial charge in [-0.2, -0.15) is 0 Å². The Hall–Kier alpha value is -0.830. The predicted octanol–water partition coefficient (Wildman–Crippen LogP) is 2.95. The largest absolute Gasteiger partial charge is 0.464 e. The van der Waals surface area contributed by atoms with Gasteiger partial charge >= 0.3 is 5.97 Å². The molecule has 98 valence electrons. The number of hydrogen-bond acceptors (Lipinski definition) is 3. The summed E-state index contributed by atoms with van der Waals surface area (Å²) in [5.74, 6) is 0.956. The lowest BCUT2D eigenvalue weighted by Gasteiger charge is -2.24. The van der Waals surface area contributed by atoms with Crippen molar-refractivity contribution in [1.29, 1.82) is 0 Å². The van der Waals surface area contributed by atoms with Gasteiger partial charge in [0.05, 0.1) is 13.2 Å². The van der Waals surface area contributed by atoms with E-state index in [1.54, 1.807) is 0 Å². The summed E-state index contributed by atoms with van der Waals surface area (Å²) >= 11 is 0. The van der Waals surface area contributed by atoms with Crippen LogP contribution in [0.25, 0.3) is 0 Å². The highest BCUT2D eigenvalue weighted by Gasteiger charge is 2.18. The molecule has 1 aliphatic carbocycles. The Morgan fingerprint density at radius 1 is 1.35 bits per heavy atom. The van der Waals surface area contributed by atoms with Crippen molar-refractivity contribution in [3.8, 4) is 0 Å². The molecule has 2 unspecified atom stereocenters. The minimum Gasteiger partial charge on any atom is -0.464 e. The van der Waals surface area contributed by atoms with Gasteiger partial charge in [-0.1, -0.05) is 32.4 Å². The molecule has 1 rings (SSSR count). The third kappa shape index (κ3) is 5.87. The predicted molar refractivity (Wildman–Crippen MR) is 67.7 cm³/mol. The summed E-state index contributed by atoms with van der Waals surface area (Å²) in [6, 6.07) is 0. The first kappa shape index (κ1) is 14.2. The van der Waals surface area contributed by atoms with E-state index in [-0.39, 0.29) is 12.6 Å². The quantitative estimate of drug-likeness (QED) is 0.390. The Kier molecular flexibility index (Phi) is 6.94. The molecule has 0 aliphatic heterocycles. The molecule has 0 bridgehead atoms. The number of hydrogen-bond donors (Lipinski definition) is 0. The van der Waals surface area contributed by atoms with Gasteiger partial charge < -0.3 is 9.47 Å². The Bertz CT molecular complexity index is 248. The SMILES string of the molecule is CCCCOC(=O)COCC1CC=CCC1C. The highest BCUT2D eigenvalue weighted by Crippen LogP contribution is 2.24. The van der Waals surface area contributed by atoms with Crippen molar-refractivity contribution >= 4 is 5.97 Å². The maximum absolute atomic E-state index is 11.3. The highest BCUT2D eigenvalue weighted by atomic mass is 16.6. The van der Waals surface area contributed by atoms with Gasteiger partial charge in [-0.05, 0) is 31.1 Å². The van der Waals surface area contributed by atoms with Crippen LogP contribution in [0.5, 0.6) is 0 Å². The fraction of sp³-hybridized carbons (Fsp3) is 0.786. The molecule has 0 saturated heterocycles. The lowest BCUT2D eigenvalue weighted by molar-refractivity contribution is -0.149. The minimum atomic E-state index is -0.238. The number of allylic oxidation sites excluding steroid dienone is 2. The minimum absolute atomic E-state index is 0.0939. The summed E-state index contributed by atoms with van der Waals surface area (Å²) in [6.45, 7) is 5.58. The number of ether oxygens (including phenoxy) is 2. The smallest absolute Gasteiger partial charge is 0.332 e. The average Bonchev–Trinajstić information content (AvgIpc) is 2.32. The maximum atomic E-state index is 11.3. The third-order valence-electron chi connectivity index (χ3n) is 3.23. The first-order valence-corrected chi connectivity index (χ1v) is 6.62. The van der Waals surface area contributed by atoms with Crippen LogP contribution in [0.15, 0.2) is 12.2 Å². The summed E-state index contributed by atoms with van der Waals surface area (Å²) in [7, 11) is 0. The van der Waals surface area contributed by atoms with Crippen LogP contribution in [0.4, 0.5) is 0 Å². The van der Waals surface area contributed by atoms with Crippen LogP contribution in [-0.2, 0) is 14.3 Å². The van der Waals surface area contributed by atoms with Crippen molar-refractivity contribution in [2.75, 3.05) is 19.8 Å². The first-order chi connectivity index (χ1) is 8.24. The van der Waals surface area contributed by atoms with Gasteiger partial charge in [0.1, 0.15) is 6.61 Å². The molecule has 0 radical (unpaired) electrons. The summed E-state index contributed by atoms with van der Waals surface area (Å²) in [5, 5.41) is 0. The van der Waals surface area contributed by atoms with Gasteiger partial charge in [0.25, 0.3) is 0 Å². The molecule has 0 aromatic carbocycles. The van der Waals surface area contributed by atoms with Crippen LogP contribution in [0.2, 0.25) is 0 Å². The second-order valence-electron chi connectivity index (χ2n) is 4.77. The zero-order chi connectivity index (χ0) is 12.5. The number of esters is 1. The van der Waals surface area contributed by atoms with Crippen LogP contribution in [-0.4, -0.2) is 25.8 Å². The molecule has 0 aromatic heterocycles. The van der Waals surface area contributed by atoms with Crippen molar-refractivity contribution in [1.82, 2.24) is 0 Å². The van der Waals surface area contributed by atoms with Crippen molar-refractivity contribution in [2.24, 2.45) is 11.8 Å². The molecule has 0 saturated carbocycles. The Balaban J connectivity index is 2.06.